The second-order valence-corrected chi connectivity index (χ2v) is 8.35. The number of carbonyl (C=O) groups excluding carboxylic acids is 1. The van der Waals surface area contributed by atoms with Crippen molar-refractivity contribution in [2.45, 2.75) is 57.5 Å². The Kier molecular flexibility index (Phi) is 5.42. The number of rotatable bonds is 4. The van der Waals surface area contributed by atoms with Gasteiger partial charge in [0.1, 0.15) is 0 Å². The number of nitrogens with two attached hydrogens (primary N) is 1. The lowest BCUT2D eigenvalue weighted by molar-refractivity contribution is -0.128. The molecular weight excluding hydrogens is 352 g/mol. The van der Waals surface area contributed by atoms with E-state index in [2.05, 4.69) is 40.3 Å². The monoisotopic (exact) mass is 378 g/mol. The van der Waals surface area contributed by atoms with Gasteiger partial charge in [-0.1, -0.05) is 34.5 Å². The second kappa shape index (κ2) is 7.35. The molecule has 2 saturated carbocycles. The molecule has 3 unspecified atom stereocenters. The van der Waals surface area contributed by atoms with Crippen molar-refractivity contribution < 1.29 is 4.79 Å². The fraction of sp³-hybridized carbons (Fsp3) is 0.632. The molecule has 4 heteroatoms. The van der Waals surface area contributed by atoms with Gasteiger partial charge in [-0.25, -0.2) is 0 Å². The summed E-state index contributed by atoms with van der Waals surface area (Å²) in [7, 11) is 0. The van der Waals surface area contributed by atoms with Crippen molar-refractivity contribution in [3.63, 3.8) is 0 Å². The summed E-state index contributed by atoms with van der Waals surface area (Å²) in [6.07, 6.45) is 6.53. The van der Waals surface area contributed by atoms with Crippen molar-refractivity contribution in [2.75, 3.05) is 0 Å². The molecule has 0 saturated heterocycles. The number of fused-ring (bicyclic) bond motifs is 2. The molecule has 1 amide bonds. The molecule has 0 aliphatic heterocycles. The Morgan fingerprint density at radius 3 is 2.48 bits per heavy atom. The Morgan fingerprint density at radius 1 is 1.26 bits per heavy atom. The Hall–Kier alpha value is -0.870. The first-order chi connectivity index (χ1) is 11.0. The van der Waals surface area contributed by atoms with Crippen molar-refractivity contribution in [1.29, 1.82) is 0 Å². The molecule has 23 heavy (non-hydrogen) atoms. The molecule has 1 aromatic rings. The summed E-state index contributed by atoms with van der Waals surface area (Å²) in [6.45, 7) is 2.09. The van der Waals surface area contributed by atoms with E-state index in [0.29, 0.717) is 17.9 Å². The Labute approximate surface area is 147 Å². The van der Waals surface area contributed by atoms with Gasteiger partial charge in [0, 0.05) is 22.5 Å². The molecule has 3 N–H and O–H groups in total. The van der Waals surface area contributed by atoms with E-state index < -0.39 is 0 Å². The summed E-state index contributed by atoms with van der Waals surface area (Å²) in [5, 5.41) is 3.23. The maximum atomic E-state index is 12.6. The predicted octanol–water partition coefficient (Wildman–Crippen LogP) is 3.65. The van der Waals surface area contributed by atoms with Crippen LogP contribution in [0.1, 0.15) is 44.6 Å². The molecule has 3 rings (SSSR count). The minimum Gasteiger partial charge on any atom is -0.353 e. The maximum Gasteiger partial charge on any atom is 0.223 e. The van der Waals surface area contributed by atoms with E-state index in [1.165, 1.54) is 24.8 Å². The van der Waals surface area contributed by atoms with Gasteiger partial charge in [0.05, 0.1) is 0 Å². The minimum absolute atomic E-state index is 0.164. The molecule has 3 nitrogen and oxygen atoms in total. The number of benzene rings is 1. The van der Waals surface area contributed by atoms with E-state index in [1.807, 2.05) is 12.1 Å². The number of carbonyl (C=O) groups is 1. The fourth-order valence-electron chi connectivity index (χ4n) is 4.39. The van der Waals surface area contributed by atoms with Gasteiger partial charge in [0.25, 0.3) is 0 Å². The van der Waals surface area contributed by atoms with Crippen LogP contribution < -0.4 is 11.1 Å². The molecule has 0 radical (unpaired) electrons. The first-order valence-corrected chi connectivity index (χ1v) is 9.62. The van der Waals surface area contributed by atoms with Gasteiger partial charge in [-0.3, -0.25) is 4.79 Å². The van der Waals surface area contributed by atoms with Crippen LogP contribution in [0.5, 0.6) is 0 Å². The number of hydrogen-bond acceptors (Lipinski definition) is 2. The molecule has 2 aliphatic carbocycles. The summed E-state index contributed by atoms with van der Waals surface area (Å²) >= 11 is 3.45. The van der Waals surface area contributed by atoms with Gasteiger partial charge < -0.3 is 11.1 Å². The molecular formula is C19H27BrN2O. The van der Waals surface area contributed by atoms with Crippen LogP contribution in [0.4, 0.5) is 0 Å². The SMILES string of the molecule is CC(Cc1ccc(Br)cc1)NC(=O)C1CC2CCCC(C1)C2N. The highest BCUT2D eigenvalue weighted by Crippen LogP contribution is 2.41. The van der Waals surface area contributed by atoms with Crippen LogP contribution in [0.2, 0.25) is 0 Å². The van der Waals surface area contributed by atoms with Crippen molar-refractivity contribution >= 4 is 21.8 Å². The third-order valence-electron chi connectivity index (χ3n) is 5.63. The number of halogens is 1. The van der Waals surface area contributed by atoms with Crippen LogP contribution >= 0.6 is 15.9 Å². The average Bonchev–Trinajstić information content (AvgIpc) is 2.49. The summed E-state index contributed by atoms with van der Waals surface area (Å²) in [6, 6.07) is 8.81. The van der Waals surface area contributed by atoms with Gasteiger partial charge in [0.15, 0.2) is 0 Å². The standard InChI is InChI=1S/C19H27BrN2O/c1-12(9-13-5-7-17(20)8-6-13)22-19(23)16-10-14-3-2-4-15(11-16)18(14)21/h5-8,12,14-16,18H,2-4,9-11,21H2,1H3,(H,22,23). The van der Waals surface area contributed by atoms with Gasteiger partial charge in [-0.15, -0.1) is 0 Å². The number of hydrogen-bond donors (Lipinski definition) is 2. The zero-order chi connectivity index (χ0) is 16.4. The first kappa shape index (κ1) is 17.0. The highest BCUT2D eigenvalue weighted by molar-refractivity contribution is 9.10. The van der Waals surface area contributed by atoms with Crippen LogP contribution in [0, 0.1) is 17.8 Å². The third kappa shape index (κ3) is 4.16. The van der Waals surface area contributed by atoms with Gasteiger partial charge in [-0.05, 0) is 68.6 Å². The smallest absolute Gasteiger partial charge is 0.223 e. The van der Waals surface area contributed by atoms with Crippen LogP contribution in [-0.4, -0.2) is 18.0 Å². The fourth-order valence-corrected chi connectivity index (χ4v) is 4.65. The zero-order valence-electron chi connectivity index (χ0n) is 13.8. The van der Waals surface area contributed by atoms with E-state index >= 15 is 0 Å². The average molecular weight is 379 g/mol. The molecule has 126 valence electrons. The molecule has 0 spiro atoms. The summed E-state index contributed by atoms with van der Waals surface area (Å²) in [4.78, 5) is 12.6. The lowest BCUT2D eigenvalue weighted by Gasteiger charge is -2.43. The molecule has 0 heterocycles. The largest absolute Gasteiger partial charge is 0.353 e. The number of nitrogens with one attached hydrogen (secondary N) is 1. The van der Waals surface area contributed by atoms with E-state index in [0.717, 1.165) is 23.7 Å². The van der Waals surface area contributed by atoms with E-state index in [1.54, 1.807) is 0 Å². The van der Waals surface area contributed by atoms with E-state index in [-0.39, 0.29) is 17.9 Å². The van der Waals surface area contributed by atoms with Gasteiger partial charge in [-0.2, -0.15) is 0 Å². The highest BCUT2D eigenvalue weighted by atomic mass is 79.9. The van der Waals surface area contributed by atoms with Crippen LogP contribution in [-0.2, 0) is 11.2 Å². The molecule has 2 aliphatic rings. The van der Waals surface area contributed by atoms with Crippen molar-refractivity contribution in [3.8, 4) is 0 Å². The van der Waals surface area contributed by atoms with Crippen molar-refractivity contribution in [1.82, 2.24) is 5.32 Å². The predicted molar refractivity (Wildman–Crippen MR) is 97.0 cm³/mol. The van der Waals surface area contributed by atoms with Crippen LogP contribution in [0.15, 0.2) is 28.7 Å². The maximum absolute atomic E-state index is 12.6. The normalized spacial score (nSPS) is 31.4. The minimum atomic E-state index is 0.164. The quantitative estimate of drug-likeness (QED) is 0.839. The van der Waals surface area contributed by atoms with Gasteiger partial charge >= 0.3 is 0 Å². The molecule has 1 aromatic carbocycles. The topological polar surface area (TPSA) is 55.1 Å². The molecule has 2 bridgehead atoms. The highest BCUT2D eigenvalue weighted by Gasteiger charge is 2.40. The molecule has 0 aromatic heterocycles. The van der Waals surface area contributed by atoms with Crippen LogP contribution in [0.25, 0.3) is 0 Å². The zero-order valence-corrected chi connectivity index (χ0v) is 15.4. The van der Waals surface area contributed by atoms with E-state index in [9.17, 15) is 4.79 Å². The van der Waals surface area contributed by atoms with Crippen molar-refractivity contribution in [2.24, 2.45) is 23.5 Å². The number of amides is 1. The lowest BCUT2D eigenvalue weighted by atomic mass is 9.65. The Bertz CT molecular complexity index is 531. The summed E-state index contributed by atoms with van der Waals surface area (Å²) in [5.41, 5.74) is 7.58. The Morgan fingerprint density at radius 2 is 1.87 bits per heavy atom. The summed E-state index contributed by atoms with van der Waals surface area (Å²) < 4.78 is 1.09. The lowest BCUT2D eigenvalue weighted by Crippen LogP contribution is -2.50. The second-order valence-electron chi connectivity index (χ2n) is 7.44. The van der Waals surface area contributed by atoms with Crippen LogP contribution in [0.3, 0.4) is 0 Å². The summed E-state index contributed by atoms with van der Waals surface area (Å²) in [5.74, 6) is 1.51. The van der Waals surface area contributed by atoms with Crippen molar-refractivity contribution in [3.05, 3.63) is 34.3 Å². The van der Waals surface area contributed by atoms with Gasteiger partial charge in [0.2, 0.25) is 5.91 Å². The Balaban J connectivity index is 1.53. The third-order valence-corrected chi connectivity index (χ3v) is 6.16. The molecule has 3 atom stereocenters. The molecule has 2 fully saturated rings. The first-order valence-electron chi connectivity index (χ1n) is 8.83. The van der Waals surface area contributed by atoms with E-state index in [4.69, 9.17) is 5.73 Å².